The Hall–Kier alpha value is -0.560. The number of halogens is 4. The highest BCUT2D eigenvalue weighted by Gasteiger charge is 2.27. The van der Waals surface area contributed by atoms with E-state index in [-0.39, 0.29) is 29.0 Å². The molecule has 0 heterocycles. The maximum absolute atomic E-state index is 12.6. The first-order valence-corrected chi connectivity index (χ1v) is 6.24. The average molecular weight is 271 g/mol. The molecule has 1 rings (SSSR count). The topological polar surface area (TPSA) is 26.0 Å². The van der Waals surface area contributed by atoms with Gasteiger partial charge in [-0.15, -0.1) is 11.8 Å². The van der Waals surface area contributed by atoms with Crippen LogP contribution in [0.1, 0.15) is 0 Å². The number of thioether (sulfide) groups is 2. The lowest BCUT2D eigenvalue weighted by Gasteiger charge is -2.06. The third-order valence-electron chi connectivity index (χ3n) is 1.58. The lowest BCUT2D eigenvalue weighted by Crippen LogP contribution is -2.02. The van der Waals surface area contributed by atoms with Crippen molar-refractivity contribution in [1.29, 1.82) is 0 Å². The minimum absolute atomic E-state index is 0.0506. The third kappa shape index (κ3) is 4.98. The fourth-order valence-electron chi connectivity index (χ4n) is 0.960. The van der Waals surface area contributed by atoms with Gasteiger partial charge in [0.05, 0.1) is 0 Å². The second kappa shape index (κ2) is 5.67. The first kappa shape index (κ1) is 13.5. The molecule has 0 radical (unpaired) electrons. The Labute approximate surface area is 98.8 Å². The van der Waals surface area contributed by atoms with E-state index in [1.807, 2.05) is 0 Å². The van der Waals surface area contributed by atoms with Crippen LogP contribution >= 0.6 is 23.5 Å². The van der Waals surface area contributed by atoms with E-state index >= 15 is 0 Å². The Morgan fingerprint density at radius 1 is 1.19 bits per heavy atom. The molecule has 0 atom stereocenters. The summed E-state index contributed by atoms with van der Waals surface area (Å²) in [4.78, 5) is 0.601. The van der Waals surface area contributed by atoms with Crippen molar-refractivity contribution in [1.82, 2.24) is 0 Å². The van der Waals surface area contributed by atoms with Crippen LogP contribution in [0.2, 0.25) is 0 Å². The van der Waals surface area contributed by atoms with Gasteiger partial charge in [0.15, 0.2) is 0 Å². The van der Waals surface area contributed by atoms with Gasteiger partial charge in [-0.1, -0.05) is 11.8 Å². The second-order valence-corrected chi connectivity index (χ2v) is 5.12. The summed E-state index contributed by atoms with van der Waals surface area (Å²) in [5.41, 5.74) is 1.55. The van der Waals surface area contributed by atoms with Crippen LogP contribution in [-0.4, -0.2) is 17.0 Å². The van der Waals surface area contributed by atoms with Crippen LogP contribution in [0.25, 0.3) is 0 Å². The molecular weight excluding hydrogens is 262 g/mol. The van der Waals surface area contributed by atoms with Gasteiger partial charge in [0, 0.05) is 22.1 Å². The van der Waals surface area contributed by atoms with Crippen LogP contribution in [0, 0.1) is 5.82 Å². The van der Waals surface area contributed by atoms with Crippen LogP contribution in [0.5, 0.6) is 0 Å². The number of anilines is 1. The molecule has 1 aromatic carbocycles. The zero-order valence-electron chi connectivity index (χ0n) is 8.05. The van der Waals surface area contributed by atoms with Gasteiger partial charge in [0.25, 0.3) is 0 Å². The van der Waals surface area contributed by atoms with Crippen molar-refractivity contribution in [3.05, 3.63) is 24.0 Å². The van der Waals surface area contributed by atoms with E-state index in [2.05, 4.69) is 0 Å². The zero-order valence-corrected chi connectivity index (χ0v) is 9.68. The number of hydrogen-bond acceptors (Lipinski definition) is 3. The molecule has 0 aromatic heterocycles. The monoisotopic (exact) mass is 271 g/mol. The highest BCUT2D eigenvalue weighted by Crippen LogP contribution is 2.32. The van der Waals surface area contributed by atoms with E-state index in [1.54, 1.807) is 0 Å². The predicted molar refractivity (Wildman–Crippen MR) is 60.0 cm³/mol. The number of nitrogen functional groups attached to an aromatic ring is 1. The highest BCUT2D eigenvalue weighted by molar-refractivity contribution is 8.03. The number of nitrogens with two attached hydrogens (primary N) is 1. The van der Waals surface area contributed by atoms with Crippen molar-refractivity contribution >= 4 is 29.2 Å². The van der Waals surface area contributed by atoms with Crippen LogP contribution < -0.4 is 5.73 Å². The molecule has 0 aliphatic heterocycles. The van der Waals surface area contributed by atoms with E-state index in [9.17, 15) is 17.6 Å². The van der Waals surface area contributed by atoms with Gasteiger partial charge in [-0.2, -0.15) is 13.2 Å². The number of rotatable bonds is 4. The minimum Gasteiger partial charge on any atom is -0.398 e. The summed E-state index contributed by atoms with van der Waals surface area (Å²) < 4.78 is 48.0. The summed E-state index contributed by atoms with van der Waals surface area (Å²) in [6, 6.07) is 3.85. The molecular formula is C9H9F4NS2. The molecule has 90 valence electrons. The maximum atomic E-state index is 12.6. The molecule has 0 aliphatic rings. The van der Waals surface area contributed by atoms with Crippen molar-refractivity contribution in [2.75, 3.05) is 17.2 Å². The smallest absolute Gasteiger partial charge is 0.398 e. The number of alkyl halides is 3. The average Bonchev–Trinajstić information content (AvgIpc) is 2.13. The Balaban J connectivity index is 2.38. The van der Waals surface area contributed by atoms with Gasteiger partial charge in [-0.05, 0) is 18.2 Å². The minimum atomic E-state index is -4.20. The van der Waals surface area contributed by atoms with E-state index in [4.69, 9.17) is 5.73 Å². The van der Waals surface area contributed by atoms with Gasteiger partial charge in [0.1, 0.15) is 5.82 Å². The first-order chi connectivity index (χ1) is 7.38. The van der Waals surface area contributed by atoms with Crippen LogP contribution in [-0.2, 0) is 0 Å². The fraction of sp³-hybridized carbons (Fsp3) is 0.333. The Morgan fingerprint density at radius 3 is 2.44 bits per heavy atom. The maximum Gasteiger partial charge on any atom is 0.441 e. The SMILES string of the molecule is Nc1cc(F)ccc1SCCSC(F)(F)F. The first-order valence-electron chi connectivity index (χ1n) is 4.27. The Kier molecular flexibility index (Phi) is 4.79. The predicted octanol–water partition coefficient (Wildman–Crippen LogP) is 3.75. The fourth-order valence-corrected chi connectivity index (χ4v) is 2.47. The molecule has 2 N–H and O–H groups in total. The van der Waals surface area contributed by atoms with Crippen LogP contribution in [0.15, 0.2) is 23.1 Å². The molecule has 0 saturated heterocycles. The molecule has 0 bridgehead atoms. The van der Waals surface area contributed by atoms with Crippen LogP contribution in [0.3, 0.4) is 0 Å². The van der Waals surface area contributed by atoms with Crippen molar-refractivity contribution in [2.45, 2.75) is 10.4 Å². The number of hydrogen-bond donors (Lipinski definition) is 1. The molecule has 16 heavy (non-hydrogen) atoms. The van der Waals surface area contributed by atoms with Crippen LogP contribution in [0.4, 0.5) is 23.2 Å². The molecule has 1 nitrogen and oxygen atoms in total. The summed E-state index contributed by atoms with van der Waals surface area (Å²) in [5, 5.41) is 0. The summed E-state index contributed by atoms with van der Waals surface area (Å²) in [7, 11) is 0. The summed E-state index contributed by atoms with van der Waals surface area (Å²) in [5.74, 6) is -0.225. The zero-order chi connectivity index (χ0) is 12.2. The van der Waals surface area contributed by atoms with Crippen molar-refractivity contribution < 1.29 is 17.6 Å². The Bertz CT molecular complexity index is 354. The third-order valence-corrected chi connectivity index (χ3v) is 3.66. The summed E-state index contributed by atoms with van der Waals surface area (Å²) in [6.07, 6.45) is 0. The van der Waals surface area contributed by atoms with Gasteiger partial charge in [-0.25, -0.2) is 4.39 Å². The lowest BCUT2D eigenvalue weighted by molar-refractivity contribution is -0.0326. The standard InChI is InChI=1S/C9H9F4NS2/c10-6-1-2-8(7(14)5-6)15-3-4-16-9(11,12)13/h1-2,5H,3-4,14H2. The van der Waals surface area contributed by atoms with Gasteiger partial charge in [-0.3, -0.25) is 0 Å². The van der Waals surface area contributed by atoms with E-state index in [1.165, 1.54) is 23.9 Å². The van der Waals surface area contributed by atoms with Crippen molar-refractivity contribution in [3.8, 4) is 0 Å². The molecule has 1 aromatic rings. The molecule has 0 aliphatic carbocycles. The van der Waals surface area contributed by atoms with E-state index in [0.717, 1.165) is 6.07 Å². The molecule has 7 heteroatoms. The molecule has 0 saturated carbocycles. The second-order valence-electron chi connectivity index (χ2n) is 2.82. The quantitative estimate of drug-likeness (QED) is 0.391. The lowest BCUT2D eigenvalue weighted by atomic mass is 10.3. The highest BCUT2D eigenvalue weighted by atomic mass is 32.2. The summed E-state index contributed by atoms with van der Waals surface area (Å²) in [6.45, 7) is 0. The summed E-state index contributed by atoms with van der Waals surface area (Å²) >= 11 is 1.11. The number of benzene rings is 1. The van der Waals surface area contributed by atoms with Crippen molar-refractivity contribution in [3.63, 3.8) is 0 Å². The molecule has 0 fully saturated rings. The van der Waals surface area contributed by atoms with Gasteiger partial charge < -0.3 is 5.73 Å². The normalized spacial score (nSPS) is 11.8. The van der Waals surface area contributed by atoms with Gasteiger partial charge in [0.2, 0.25) is 0 Å². The van der Waals surface area contributed by atoms with Crippen molar-refractivity contribution in [2.24, 2.45) is 0 Å². The molecule has 0 amide bonds. The Morgan fingerprint density at radius 2 is 1.88 bits per heavy atom. The van der Waals surface area contributed by atoms with Gasteiger partial charge >= 0.3 is 5.51 Å². The van der Waals surface area contributed by atoms with E-state index < -0.39 is 11.3 Å². The molecule has 0 spiro atoms. The van der Waals surface area contributed by atoms with E-state index in [0.29, 0.717) is 4.90 Å². The largest absolute Gasteiger partial charge is 0.441 e. The molecule has 0 unspecified atom stereocenters.